The van der Waals surface area contributed by atoms with E-state index >= 15 is 0 Å². The van der Waals surface area contributed by atoms with E-state index in [0.717, 1.165) is 10.7 Å². The fourth-order valence-corrected chi connectivity index (χ4v) is 2.14. The van der Waals surface area contributed by atoms with Crippen LogP contribution in [0.1, 0.15) is 5.82 Å². The van der Waals surface area contributed by atoms with Crippen molar-refractivity contribution in [2.45, 2.75) is 17.0 Å². The monoisotopic (exact) mass is 240 g/mol. The Hall–Kier alpha value is -1.20. The Labute approximate surface area is 96.2 Å². The van der Waals surface area contributed by atoms with Gasteiger partial charge in [0.2, 0.25) is 5.16 Å². The van der Waals surface area contributed by atoms with E-state index in [9.17, 15) is 0 Å². The number of rotatable bonds is 2. The topological polar surface area (TPSA) is 67.6 Å². The quantitative estimate of drug-likeness (QED) is 0.792. The molecule has 0 saturated heterocycles. The minimum atomic E-state index is 0.548. The Balaban J connectivity index is 2.28. The Morgan fingerprint density at radius 1 is 1.47 bits per heavy atom. The number of halogens is 1. The average molecular weight is 241 g/mol. The van der Waals surface area contributed by atoms with Crippen LogP contribution in [0, 0.1) is 6.92 Å². The van der Waals surface area contributed by atoms with Gasteiger partial charge in [0.25, 0.3) is 0 Å². The van der Waals surface area contributed by atoms with Crippen LogP contribution in [0.5, 0.6) is 0 Å². The molecule has 0 radical (unpaired) electrons. The summed E-state index contributed by atoms with van der Waals surface area (Å²) in [5.41, 5.74) is 6.38. The average Bonchev–Trinajstić information content (AvgIpc) is 2.59. The van der Waals surface area contributed by atoms with Gasteiger partial charge in [0.05, 0.1) is 10.7 Å². The van der Waals surface area contributed by atoms with E-state index < -0.39 is 0 Å². The summed E-state index contributed by atoms with van der Waals surface area (Å²) in [4.78, 5) is 5.04. The summed E-state index contributed by atoms with van der Waals surface area (Å²) in [6.07, 6.45) is 0. The number of anilines is 1. The van der Waals surface area contributed by atoms with Gasteiger partial charge in [-0.05, 0) is 30.8 Å². The number of H-pyrrole nitrogens is 1. The number of nitrogen functional groups attached to an aromatic ring is 1. The molecule has 3 N–H and O–H groups in total. The number of nitrogens with two attached hydrogens (primary N) is 1. The first-order valence-corrected chi connectivity index (χ1v) is 5.47. The minimum absolute atomic E-state index is 0.548. The second kappa shape index (κ2) is 4.12. The highest BCUT2D eigenvalue weighted by atomic mass is 35.5. The number of benzene rings is 1. The summed E-state index contributed by atoms with van der Waals surface area (Å²) in [5, 5.41) is 7.97. The van der Waals surface area contributed by atoms with Crippen LogP contribution >= 0.6 is 23.4 Å². The predicted octanol–water partition coefficient (Wildman–Crippen LogP) is 2.50. The summed E-state index contributed by atoms with van der Waals surface area (Å²) >= 11 is 7.28. The molecule has 0 bridgehead atoms. The molecule has 4 nitrogen and oxygen atoms in total. The molecular weight excluding hydrogens is 232 g/mol. The van der Waals surface area contributed by atoms with Gasteiger partial charge in [0.15, 0.2) is 0 Å². The zero-order valence-electron chi connectivity index (χ0n) is 7.99. The lowest BCUT2D eigenvalue weighted by Crippen LogP contribution is -1.89. The molecule has 1 heterocycles. The van der Waals surface area contributed by atoms with Crippen molar-refractivity contribution in [1.29, 1.82) is 0 Å². The van der Waals surface area contributed by atoms with Gasteiger partial charge in [-0.2, -0.15) is 0 Å². The molecule has 2 rings (SSSR count). The highest BCUT2D eigenvalue weighted by Gasteiger charge is 2.07. The van der Waals surface area contributed by atoms with E-state index in [1.807, 2.05) is 19.1 Å². The molecule has 0 aliphatic carbocycles. The second-order valence-electron chi connectivity index (χ2n) is 2.96. The number of nitrogens with one attached hydrogen (secondary N) is 1. The zero-order valence-corrected chi connectivity index (χ0v) is 9.56. The van der Waals surface area contributed by atoms with E-state index in [1.165, 1.54) is 11.8 Å². The van der Waals surface area contributed by atoms with Crippen LogP contribution in [0.15, 0.2) is 28.3 Å². The predicted molar refractivity (Wildman–Crippen MR) is 61.1 cm³/mol. The SMILES string of the molecule is Cc1nc(Sc2cccc(Cl)c2N)n[nH]1. The lowest BCUT2D eigenvalue weighted by atomic mass is 10.3. The van der Waals surface area contributed by atoms with Crippen LogP contribution in [0.4, 0.5) is 5.69 Å². The van der Waals surface area contributed by atoms with Crippen molar-refractivity contribution in [2.24, 2.45) is 0 Å². The van der Waals surface area contributed by atoms with Crippen molar-refractivity contribution < 1.29 is 0 Å². The second-order valence-corrected chi connectivity index (χ2v) is 4.37. The normalized spacial score (nSPS) is 10.5. The Kier molecular flexibility index (Phi) is 2.83. The molecule has 0 fully saturated rings. The molecule has 78 valence electrons. The lowest BCUT2D eigenvalue weighted by Gasteiger charge is -2.03. The maximum atomic E-state index is 5.90. The van der Waals surface area contributed by atoms with Crippen LogP contribution < -0.4 is 5.73 Å². The van der Waals surface area contributed by atoms with Crippen molar-refractivity contribution in [3.8, 4) is 0 Å². The maximum Gasteiger partial charge on any atom is 0.213 e. The van der Waals surface area contributed by atoms with Crippen LogP contribution in [0.2, 0.25) is 5.02 Å². The molecule has 0 unspecified atom stereocenters. The summed E-state index contributed by atoms with van der Waals surface area (Å²) in [6, 6.07) is 5.49. The van der Waals surface area contributed by atoms with Gasteiger partial charge in [-0.15, -0.1) is 5.10 Å². The van der Waals surface area contributed by atoms with Crippen molar-refractivity contribution in [2.75, 3.05) is 5.73 Å². The number of para-hydroxylation sites is 1. The van der Waals surface area contributed by atoms with Crippen LogP contribution in [-0.4, -0.2) is 15.2 Å². The van der Waals surface area contributed by atoms with Crippen LogP contribution in [0.3, 0.4) is 0 Å². The number of hydrogen-bond donors (Lipinski definition) is 2. The van der Waals surface area contributed by atoms with Gasteiger partial charge in [-0.25, -0.2) is 4.98 Å². The molecular formula is C9H9ClN4S. The first kappa shape index (κ1) is 10.3. The Morgan fingerprint density at radius 2 is 2.27 bits per heavy atom. The molecule has 0 saturated carbocycles. The van der Waals surface area contributed by atoms with Crippen LogP contribution in [-0.2, 0) is 0 Å². The molecule has 6 heteroatoms. The largest absolute Gasteiger partial charge is 0.397 e. The number of aromatic nitrogens is 3. The van der Waals surface area contributed by atoms with E-state index in [1.54, 1.807) is 6.07 Å². The van der Waals surface area contributed by atoms with Crippen molar-refractivity contribution in [3.63, 3.8) is 0 Å². The standard InChI is InChI=1S/C9H9ClN4S/c1-5-12-9(14-13-5)15-7-4-2-3-6(10)8(7)11/h2-4H,11H2,1H3,(H,12,13,14). The van der Waals surface area contributed by atoms with Gasteiger partial charge in [0, 0.05) is 4.90 Å². The molecule has 0 aliphatic heterocycles. The molecule has 2 aromatic rings. The molecule has 0 spiro atoms. The van der Waals surface area contributed by atoms with E-state index in [4.69, 9.17) is 17.3 Å². The smallest absolute Gasteiger partial charge is 0.213 e. The first-order valence-electron chi connectivity index (χ1n) is 4.27. The van der Waals surface area contributed by atoms with Gasteiger partial charge >= 0.3 is 0 Å². The number of aryl methyl sites for hydroxylation is 1. The highest BCUT2D eigenvalue weighted by Crippen LogP contribution is 2.33. The number of hydrogen-bond acceptors (Lipinski definition) is 4. The van der Waals surface area contributed by atoms with E-state index in [0.29, 0.717) is 15.9 Å². The zero-order chi connectivity index (χ0) is 10.8. The Bertz CT molecular complexity index is 483. The molecule has 1 aromatic carbocycles. The fourth-order valence-electron chi connectivity index (χ4n) is 1.07. The summed E-state index contributed by atoms with van der Waals surface area (Å²) in [7, 11) is 0. The summed E-state index contributed by atoms with van der Waals surface area (Å²) in [6.45, 7) is 1.85. The van der Waals surface area contributed by atoms with Gasteiger partial charge in [0.1, 0.15) is 5.82 Å². The third-order valence-electron chi connectivity index (χ3n) is 1.79. The number of aromatic amines is 1. The first-order chi connectivity index (χ1) is 7.16. The van der Waals surface area contributed by atoms with Gasteiger partial charge < -0.3 is 5.73 Å². The fraction of sp³-hybridized carbons (Fsp3) is 0.111. The molecule has 1 aromatic heterocycles. The van der Waals surface area contributed by atoms with Gasteiger partial charge in [-0.3, -0.25) is 5.10 Å². The molecule has 0 amide bonds. The third-order valence-corrected chi connectivity index (χ3v) is 3.06. The number of nitrogens with zero attached hydrogens (tertiary/aromatic N) is 2. The lowest BCUT2D eigenvalue weighted by molar-refractivity contribution is 0.969. The van der Waals surface area contributed by atoms with Crippen molar-refractivity contribution >= 4 is 29.1 Å². The summed E-state index contributed by atoms with van der Waals surface area (Å²) in [5.74, 6) is 0.776. The third kappa shape index (κ3) is 2.24. The molecule has 0 atom stereocenters. The van der Waals surface area contributed by atoms with E-state index in [2.05, 4.69) is 15.2 Å². The summed E-state index contributed by atoms with van der Waals surface area (Å²) < 4.78 is 0. The Morgan fingerprint density at radius 3 is 2.93 bits per heavy atom. The maximum absolute atomic E-state index is 5.90. The van der Waals surface area contributed by atoms with E-state index in [-0.39, 0.29) is 0 Å². The minimum Gasteiger partial charge on any atom is -0.397 e. The van der Waals surface area contributed by atoms with Gasteiger partial charge in [-0.1, -0.05) is 17.7 Å². The van der Waals surface area contributed by atoms with Crippen molar-refractivity contribution in [1.82, 2.24) is 15.2 Å². The van der Waals surface area contributed by atoms with Crippen LogP contribution in [0.25, 0.3) is 0 Å². The molecule has 15 heavy (non-hydrogen) atoms. The highest BCUT2D eigenvalue weighted by molar-refractivity contribution is 7.99. The van der Waals surface area contributed by atoms with Crippen molar-refractivity contribution in [3.05, 3.63) is 29.0 Å². The molecule has 0 aliphatic rings.